The maximum absolute atomic E-state index is 11.3. The summed E-state index contributed by atoms with van der Waals surface area (Å²) in [4.78, 5) is 11.3. The summed E-state index contributed by atoms with van der Waals surface area (Å²) in [5.41, 5.74) is 1.39. The first-order valence-corrected chi connectivity index (χ1v) is 8.87. The lowest BCUT2D eigenvalue weighted by Crippen LogP contribution is -2.19. The Bertz CT molecular complexity index is 510. The van der Waals surface area contributed by atoms with E-state index in [1.807, 2.05) is 6.08 Å². The summed E-state index contributed by atoms with van der Waals surface area (Å²) in [5, 5.41) is 28.6. The zero-order valence-corrected chi connectivity index (χ0v) is 15.9. The van der Waals surface area contributed by atoms with E-state index in [0.29, 0.717) is 50.0 Å². The molecule has 0 amide bonds. The molecule has 0 saturated heterocycles. The van der Waals surface area contributed by atoms with Gasteiger partial charge in [-0.15, -0.1) is 6.58 Å². The number of hydrogen-bond donors (Lipinski definition) is 3. The minimum Gasteiger partial charge on any atom is -0.478 e. The number of rotatable bonds is 13. The largest absolute Gasteiger partial charge is 0.478 e. The van der Waals surface area contributed by atoms with Crippen LogP contribution in [0.5, 0.6) is 0 Å². The Morgan fingerprint density at radius 2 is 1.80 bits per heavy atom. The minimum atomic E-state index is -0.910. The van der Waals surface area contributed by atoms with Crippen molar-refractivity contribution in [3.8, 4) is 0 Å². The molecule has 1 atom stereocenters. The monoisotopic (exact) mass is 350 g/mol. The number of carboxylic acid groups (broad SMARTS) is 1. The van der Waals surface area contributed by atoms with Gasteiger partial charge in [0, 0.05) is 5.57 Å². The second kappa shape index (κ2) is 11.8. The third-order valence-corrected chi connectivity index (χ3v) is 4.39. The standard InChI is InChI=1S/C21H34O4/c1-6-21(5,25)14-8-10-18(15-22)9-7-11-19(20(23)24)13-12-17(4)16(2)3/h6,10-11,16,22,25H,1,4,7-9,12-15H2,2-3,5H3,(H,23,24)/b18-10-,19-11-. The van der Waals surface area contributed by atoms with Crippen molar-refractivity contribution in [2.24, 2.45) is 5.92 Å². The number of allylic oxidation sites excluding steroid dienone is 3. The van der Waals surface area contributed by atoms with E-state index in [1.54, 1.807) is 13.0 Å². The maximum Gasteiger partial charge on any atom is 0.331 e. The number of carboxylic acids is 1. The van der Waals surface area contributed by atoms with Crippen LogP contribution >= 0.6 is 0 Å². The molecule has 0 saturated carbocycles. The van der Waals surface area contributed by atoms with E-state index < -0.39 is 11.6 Å². The van der Waals surface area contributed by atoms with Crippen molar-refractivity contribution in [2.45, 2.75) is 64.9 Å². The van der Waals surface area contributed by atoms with Crippen LogP contribution in [0, 0.1) is 5.92 Å². The number of aliphatic carboxylic acids is 1. The molecular formula is C21H34O4. The molecule has 3 N–H and O–H groups in total. The fourth-order valence-electron chi connectivity index (χ4n) is 2.23. The summed E-state index contributed by atoms with van der Waals surface area (Å²) < 4.78 is 0. The van der Waals surface area contributed by atoms with Gasteiger partial charge in [0.05, 0.1) is 12.2 Å². The van der Waals surface area contributed by atoms with Crippen molar-refractivity contribution < 1.29 is 20.1 Å². The molecule has 0 heterocycles. The van der Waals surface area contributed by atoms with Crippen LogP contribution in [0.25, 0.3) is 0 Å². The minimum absolute atomic E-state index is 0.0589. The summed E-state index contributed by atoms with van der Waals surface area (Å²) >= 11 is 0. The first kappa shape index (κ1) is 23.4. The van der Waals surface area contributed by atoms with Gasteiger partial charge in [-0.25, -0.2) is 4.79 Å². The smallest absolute Gasteiger partial charge is 0.331 e. The molecule has 4 heteroatoms. The van der Waals surface area contributed by atoms with E-state index in [2.05, 4.69) is 27.0 Å². The number of carbonyl (C=O) groups is 1. The Morgan fingerprint density at radius 3 is 2.28 bits per heavy atom. The SMILES string of the molecule is C=CC(C)(O)CC/C=C(\CO)CC/C=C(/CCC(=C)C(C)C)C(=O)O. The van der Waals surface area contributed by atoms with Crippen LogP contribution in [0.15, 0.2) is 48.1 Å². The summed E-state index contributed by atoms with van der Waals surface area (Å²) in [6.07, 6.45) is 8.65. The summed E-state index contributed by atoms with van der Waals surface area (Å²) in [6, 6.07) is 0. The molecule has 25 heavy (non-hydrogen) atoms. The van der Waals surface area contributed by atoms with Crippen molar-refractivity contribution in [1.29, 1.82) is 0 Å². The quantitative estimate of drug-likeness (QED) is 0.340. The van der Waals surface area contributed by atoms with Gasteiger partial charge in [0.15, 0.2) is 0 Å². The van der Waals surface area contributed by atoms with E-state index in [4.69, 9.17) is 0 Å². The zero-order valence-electron chi connectivity index (χ0n) is 15.9. The molecule has 142 valence electrons. The Balaban J connectivity index is 4.59. The van der Waals surface area contributed by atoms with Gasteiger partial charge in [-0.2, -0.15) is 0 Å². The number of aliphatic hydroxyl groups is 2. The van der Waals surface area contributed by atoms with Gasteiger partial charge in [-0.05, 0) is 56.9 Å². The molecule has 0 spiro atoms. The number of hydrogen-bond acceptors (Lipinski definition) is 3. The van der Waals surface area contributed by atoms with E-state index >= 15 is 0 Å². The van der Waals surface area contributed by atoms with Crippen LogP contribution in [0.2, 0.25) is 0 Å². The molecule has 0 aromatic rings. The molecule has 0 aliphatic rings. The van der Waals surface area contributed by atoms with Gasteiger partial charge >= 0.3 is 5.97 Å². The van der Waals surface area contributed by atoms with E-state index in [-0.39, 0.29) is 6.61 Å². The Labute approximate surface area is 152 Å². The molecule has 4 nitrogen and oxygen atoms in total. The van der Waals surface area contributed by atoms with Crippen molar-refractivity contribution in [2.75, 3.05) is 6.61 Å². The molecule has 0 rings (SSSR count). The van der Waals surface area contributed by atoms with E-state index in [9.17, 15) is 20.1 Å². The molecule has 0 aliphatic carbocycles. The van der Waals surface area contributed by atoms with Crippen LogP contribution < -0.4 is 0 Å². The predicted octanol–water partition coefficient (Wildman–Crippen LogP) is 4.41. The average molecular weight is 350 g/mol. The molecule has 1 unspecified atom stereocenters. The normalized spacial score (nSPS) is 15.1. The van der Waals surface area contributed by atoms with E-state index in [1.165, 1.54) is 6.08 Å². The molecule has 0 bridgehead atoms. The highest BCUT2D eigenvalue weighted by molar-refractivity contribution is 5.86. The summed E-state index contributed by atoms with van der Waals surface area (Å²) in [6.45, 7) is 13.3. The summed E-state index contributed by atoms with van der Waals surface area (Å²) in [7, 11) is 0. The van der Waals surface area contributed by atoms with Crippen LogP contribution in [0.1, 0.15) is 59.3 Å². The van der Waals surface area contributed by atoms with Crippen molar-refractivity contribution >= 4 is 5.97 Å². The molecule has 0 fully saturated rings. The van der Waals surface area contributed by atoms with Crippen molar-refractivity contribution in [1.82, 2.24) is 0 Å². The third-order valence-electron chi connectivity index (χ3n) is 4.39. The average Bonchev–Trinajstić information content (AvgIpc) is 2.55. The summed E-state index contributed by atoms with van der Waals surface area (Å²) in [5.74, 6) is -0.542. The van der Waals surface area contributed by atoms with Crippen LogP contribution in [-0.4, -0.2) is 33.5 Å². The topological polar surface area (TPSA) is 77.8 Å². The highest BCUT2D eigenvalue weighted by Crippen LogP contribution is 2.19. The molecule has 0 radical (unpaired) electrons. The number of aliphatic hydroxyl groups excluding tert-OH is 1. The molecule has 0 aliphatic heterocycles. The third kappa shape index (κ3) is 10.7. The van der Waals surface area contributed by atoms with Gasteiger partial charge in [0.2, 0.25) is 0 Å². The van der Waals surface area contributed by atoms with Gasteiger partial charge < -0.3 is 15.3 Å². The highest BCUT2D eigenvalue weighted by Gasteiger charge is 2.13. The second-order valence-electron chi connectivity index (χ2n) is 7.01. The van der Waals surface area contributed by atoms with Crippen LogP contribution in [-0.2, 0) is 4.79 Å². The molecule has 0 aromatic heterocycles. The van der Waals surface area contributed by atoms with Crippen molar-refractivity contribution in [3.63, 3.8) is 0 Å². The van der Waals surface area contributed by atoms with Crippen LogP contribution in [0.3, 0.4) is 0 Å². The maximum atomic E-state index is 11.3. The van der Waals surface area contributed by atoms with Crippen LogP contribution in [0.4, 0.5) is 0 Å². The fourth-order valence-corrected chi connectivity index (χ4v) is 2.23. The van der Waals surface area contributed by atoms with E-state index in [0.717, 1.165) is 11.1 Å². The van der Waals surface area contributed by atoms with Gasteiger partial charge in [-0.1, -0.05) is 44.2 Å². The molecule has 0 aromatic carbocycles. The first-order chi connectivity index (χ1) is 11.6. The lowest BCUT2D eigenvalue weighted by molar-refractivity contribution is -0.132. The first-order valence-electron chi connectivity index (χ1n) is 8.87. The van der Waals surface area contributed by atoms with Gasteiger partial charge in [0.25, 0.3) is 0 Å². The fraction of sp³-hybridized carbons (Fsp3) is 0.571. The Morgan fingerprint density at radius 1 is 1.16 bits per heavy atom. The molecular weight excluding hydrogens is 316 g/mol. The predicted molar refractivity (Wildman–Crippen MR) is 103 cm³/mol. The second-order valence-corrected chi connectivity index (χ2v) is 7.01. The Kier molecular flexibility index (Phi) is 11.0. The lowest BCUT2D eigenvalue weighted by Gasteiger charge is -2.17. The zero-order chi connectivity index (χ0) is 19.5. The lowest BCUT2D eigenvalue weighted by atomic mass is 9.96. The highest BCUT2D eigenvalue weighted by atomic mass is 16.4. The van der Waals surface area contributed by atoms with Gasteiger partial charge in [0.1, 0.15) is 0 Å². The van der Waals surface area contributed by atoms with Crippen molar-refractivity contribution in [3.05, 3.63) is 48.1 Å². The van der Waals surface area contributed by atoms with Gasteiger partial charge in [-0.3, -0.25) is 0 Å². The Hall–Kier alpha value is -1.65.